The van der Waals surface area contributed by atoms with Crippen molar-refractivity contribution in [1.29, 1.82) is 0 Å². The van der Waals surface area contributed by atoms with Gasteiger partial charge in [-0.3, -0.25) is 0 Å². The fraction of sp³-hybridized carbons (Fsp3) is 1.00. The lowest BCUT2D eigenvalue weighted by atomic mass is 9.60. The highest BCUT2D eigenvalue weighted by atomic mass is 35.5. The summed E-state index contributed by atoms with van der Waals surface area (Å²) < 4.78 is 5.02. The molecule has 1 aliphatic rings. The van der Waals surface area contributed by atoms with E-state index in [1.54, 1.807) is 7.11 Å². The second-order valence-corrected chi connectivity index (χ2v) is 4.31. The molecule has 0 radical (unpaired) electrons. The third kappa shape index (κ3) is 2.62. The molecule has 1 aliphatic carbocycles. The molecule has 0 spiro atoms. The van der Waals surface area contributed by atoms with Crippen molar-refractivity contribution in [3.63, 3.8) is 0 Å². The standard InChI is InChI=1S/C8H17NO.ClH/c1-7(2)4-8(9,5-7)6-10-3;/h4-6,9H2,1-3H3;1H. The molecule has 0 aromatic rings. The Morgan fingerprint density at radius 1 is 1.36 bits per heavy atom. The Hall–Kier alpha value is 0.210. The molecule has 68 valence electrons. The van der Waals surface area contributed by atoms with Crippen LogP contribution in [0.5, 0.6) is 0 Å². The highest BCUT2D eigenvalue weighted by molar-refractivity contribution is 5.85. The molecule has 0 unspecified atom stereocenters. The van der Waals surface area contributed by atoms with Crippen LogP contribution in [0.4, 0.5) is 0 Å². The van der Waals surface area contributed by atoms with E-state index in [1.807, 2.05) is 0 Å². The lowest BCUT2D eigenvalue weighted by Crippen LogP contribution is -2.58. The van der Waals surface area contributed by atoms with Crippen molar-refractivity contribution in [3.8, 4) is 0 Å². The minimum Gasteiger partial charge on any atom is -0.383 e. The Morgan fingerprint density at radius 3 is 2.09 bits per heavy atom. The lowest BCUT2D eigenvalue weighted by molar-refractivity contribution is 0.000288. The van der Waals surface area contributed by atoms with Gasteiger partial charge >= 0.3 is 0 Å². The Kier molecular flexibility index (Phi) is 3.36. The molecule has 11 heavy (non-hydrogen) atoms. The van der Waals surface area contributed by atoms with Crippen LogP contribution in [-0.4, -0.2) is 19.3 Å². The van der Waals surface area contributed by atoms with Crippen molar-refractivity contribution in [3.05, 3.63) is 0 Å². The van der Waals surface area contributed by atoms with Crippen LogP contribution in [0.25, 0.3) is 0 Å². The topological polar surface area (TPSA) is 35.2 Å². The lowest BCUT2D eigenvalue weighted by Gasteiger charge is -2.50. The summed E-state index contributed by atoms with van der Waals surface area (Å²) >= 11 is 0. The molecule has 3 heteroatoms. The summed E-state index contributed by atoms with van der Waals surface area (Å²) in [6, 6.07) is 0. The van der Waals surface area contributed by atoms with Gasteiger partial charge in [0.05, 0.1) is 6.61 Å². The summed E-state index contributed by atoms with van der Waals surface area (Å²) in [5.74, 6) is 0. The van der Waals surface area contributed by atoms with Crippen molar-refractivity contribution < 1.29 is 4.74 Å². The van der Waals surface area contributed by atoms with Crippen LogP contribution in [0.3, 0.4) is 0 Å². The van der Waals surface area contributed by atoms with Gasteiger partial charge in [0.15, 0.2) is 0 Å². The van der Waals surface area contributed by atoms with Crippen molar-refractivity contribution in [2.24, 2.45) is 11.1 Å². The van der Waals surface area contributed by atoms with Crippen molar-refractivity contribution in [2.75, 3.05) is 13.7 Å². The van der Waals surface area contributed by atoms with Gasteiger partial charge in [-0.25, -0.2) is 0 Å². The van der Waals surface area contributed by atoms with Crippen LogP contribution in [0.2, 0.25) is 0 Å². The normalized spacial score (nSPS) is 25.1. The van der Waals surface area contributed by atoms with Gasteiger partial charge in [0, 0.05) is 12.6 Å². The van der Waals surface area contributed by atoms with E-state index in [1.165, 1.54) is 0 Å². The van der Waals surface area contributed by atoms with E-state index in [4.69, 9.17) is 10.5 Å². The molecule has 0 atom stereocenters. The third-order valence-electron chi connectivity index (χ3n) is 2.09. The first-order chi connectivity index (χ1) is 4.47. The maximum absolute atomic E-state index is 5.96. The van der Waals surface area contributed by atoms with Gasteiger partial charge < -0.3 is 10.5 Å². The van der Waals surface area contributed by atoms with Gasteiger partial charge in [0.2, 0.25) is 0 Å². The largest absolute Gasteiger partial charge is 0.383 e. The average molecular weight is 180 g/mol. The highest BCUT2D eigenvalue weighted by Gasteiger charge is 2.46. The first kappa shape index (κ1) is 11.2. The van der Waals surface area contributed by atoms with Gasteiger partial charge in [0.25, 0.3) is 0 Å². The van der Waals surface area contributed by atoms with Crippen LogP contribution < -0.4 is 5.73 Å². The Bertz CT molecular complexity index is 128. The molecule has 0 bridgehead atoms. The van der Waals surface area contributed by atoms with Crippen LogP contribution in [0.15, 0.2) is 0 Å². The van der Waals surface area contributed by atoms with Crippen molar-refractivity contribution >= 4 is 12.4 Å². The van der Waals surface area contributed by atoms with Crippen LogP contribution >= 0.6 is 12.4 Å². The summed E-state index contributed by atoms with van der Waals surface area (Å²) in [5.41, 5.74) is 6.40. The molecule has 0 aromatic carbocycles. The molecule has 1 rings (SSSR count). The number of nitrogens with two attached hydrogens (primary N) is 1. The van der Waals surface area contributed by atoms with E-state index >= 15 is 0 Å². The van der Waals surface area contributed by atoms with Crippen molar-refractivity contribution in [2.45, 2.75) is 32.2 Å². The predicted molar refractivity (Wildman–Crippen MR) is 49.1 cm³/mol. The second kappa shape index (κ2) is 3.30. The summed E-state index contributed by atoms with van der Waals surface area (Å²) in [7, 11) is 1.71. The number of ether oxygens (including phenoxy) is 1. The summed E-state index contributed by atoms with van der Waals surface area (Å²) in [6.07, 6.45) is 2.18. The Morgan fingerprint density at radius 2 is 1.82 bits per heavy atom. The Labute approximate surface area is 74.9 Å². The molecular weight excluding hydrogens is 162 g/mol. The number of hydrogen-bond donors (Lipinski definition) is 1. The maximum Gasteiger partial charge on any atom is 0.0642 e. The summed E-state index contributed by atoms with van der Waals surface area (Å²) in [5, 5.41) is 0. The monoisotopic (exact) mass is 179 g/mol. The molecule has 0 saturated heterocycles. The Balaban J connectivity index is 0.000001000. The van der Waals surface area contributed by atoms with E-state index < -0.39 is 0 Å². The fourth-order valence-electron chi connectivity index (χ4n) is 2.24. The quantitative estimate of drug-likeness (QED) is 0.699. The number of rotatable bonds is 2. The first-order valence-corrected chi connectivity index (χ1v) is 3.75. The summed E-state index contributed by atoms with van der Waals surface area (Å²) in [6.45, 7) is 5.19. The number of hydrogen-bond acceptors (Lipinski definition) is 2. The molecular formula is C8H18ClNO. The van der Waals surface area contributed by atoms with Crippen LogP contribution in [0, 0.1) is 5.41 Å². The minimum atomic E-state index is -0.0156. The van der Waals surface area contributed by atoms with Gasteiger partial charge in [-0.1, -0.05) is 13.8 Å². The molecule has 2 nitrogen and oxygen atoms in total. The second-order valence-electron chi connectivity index (χ2n) is 4.31. The molecule has 0 amide bonds. The molecule has 2 N–H and O–H groups in total. The zero-order chi connectivity index (χ0) is 7.83. The summed E-state index contributed by atoms with van der Waals surface area (Å²) in [4.78, 5) is 0. The highest BCUT2D eigenvalue weighted by Crippen LogP contribution is 2.46. The third-order valence-corrected chi connectivity index (χ3v) is 2.09. The van der Waals surface area contributed by atoms with E-state index in [2.05, 4.69) is 13.8 Å². The molecule has 0 aliphatic heterocycles. The van der Waals surface area contributed by atoms with Gasteiger partial charge in [-0.05, 0) is 18.3 Å². The van der Waals surface area contributed by atoms with Gasteiger partial charge in [0.1, 0.15) is 0 Å². The average Bonchev–Trinajstić information content (AvgIpc) is 1.58. The van der Waals surface area contributed by atoms with Crippen molar-refractivity contribution in [1.82, 2.24) is 0 Å². The zero-order valence-corrected chi connectivity index (χ0v) is 8.33. The fourth-order valence-corrected chi connectivity index (χ4v) is 2.24. The first-order valence-electron chi connectivity index (χ1n) is 3.75. The van der Waals surface area contributed by atoms with E-state index in [0.29, 0.717) is 12.0 Å². The van der Waals surface area contributed by atoms with Gasteiger partial charge in [-0.2, -0.15) is 0 Å². The van der Waals surface area contributed by atoms with Crippen LogP contribution in [0.1, 0.15) is 26.7 Å². The van der Waals surface area contributed by atoms with E-state index in [-0.39, 0.29) is 17.9 Å². The number of methoxy groups -OCH3 is 1. The van der Waals surface area contributed by atoms with E-state index in [0.717, 1.165) is 12.8 Å². The molecule has 1 saturated carbocycles. The zero-order valence-electron chi connectivity index (χ0n) is 7.52. The molecule has 0 aromatic heterocycles. The molecule has 0 heterocycles. The smallest absolute Gasteiger partial charge is 0.0642 e. The number of halogens is 1. The van der Waals surface area contributed by atoms with E-state index in [9.17, 15) is 0 Å². The maximum atomic E-state index is 5.96. The van der Waals surface area contributed by atoms with Gasteiger partial charge in [-0.15, -0.1) is 12.4 Å². The SMILES string of the molecule is COCC1(N)CC(C)(C)C1.Cl. The minimum absolute atomic E-state index is 0. The van der Waals surface area contributed by atoms with Crippen LogP contribution in [-0.2, 0) is 4.74 Å². The molecule has 1 fully saturated rings. The predicted octanol–water partition coefficient (Wildman–Crippen LogP) is 1.57.